The second-order valence-corrected chi connectivity index (χ2v) is 3.92. The number of rotatable bonds is 3. The van der Waals surface area contributed by atoms with Gasteiger partial charge in [0, 0.05) is 6.20 Å². The van der Waals surface area contributed by atoms with Crippen molar-refractivity contribution in [2.45, 2.75) is 0 Å². The summed E-state index contributed by atoms with van der Waals surface area (Å²) in [5, 5.41) is 2.84. The molecule has 0 radical (unpaired) electrons. The van der Waals surface area contributed by atoms with Crippen molar-refractivity contribution in [2.75, 3.05) is 13.6 Å². The van der Waals surface area contributed by atoms with E-state index >= 15 is 0 Å². The molecule has 5 nitrogen and oxygen atoms in total. The van der Waals surface area contributed by atoms with E-state index in [1.54, 1.807) is 13.2 Å². The molecule has 0 aliphatic rings. The van der Waals surface area contributed by atoms with Gasteiger partial charge >= 0.3 is 0 Å². The molecule has 17 heavy (non-hydrogen) atoms. The van der Waals surface area contributed by atoms with E-state index in [-0.39, 0.29) is 5.78 Å². The predicted molar refractivity (Wildman–Crippen MR) is 65.3 cm³/mol. The molecule has 86 valence electrons. The minimum absolute atomic E-state index is 0.0297. The highest BCUT2D eigenvalue weighted by molar-refractivity contribution is 5.96. The second-order valence-electron chi connectivity index (χ2n) is 3.92. The lowest BCUT2D eigenvalue weighted by molar-refractivity contribution is 0.0989. The molecular formula is C12H12N4O. The van der Waals surface area contributed by atoms with Crippen molar-refractivity contribution in [3.63, 3.8) is 0 Å². The van der Waals surface area contributed by atoms with Crippen LogP contribution in [-0.2, 0) is 0 Å². The van der Waals surface area contributed by atoms with E-state index in [1.165, 1.54) is 0 Å². The van der Waals surface area contributed by atoms with Crippen molar-refractivity contribution in [3.05, 3.63) is 36.2 Å². The van der Waals surface area contributed by atoms with Crippen molar-refractivity contribution < 1.29 is 4.79 Å². The Balaban J connectivity index is 2.17. The number of aromatic nitrogens is 3. The van der Waals surface area contributed by atoms with Gasteiger partial charge in [0.05, 0.1) is 17.6 Å². The lowest BCUT2D eigenvalue weighted by atomic mass is 10.3. The van der Waals surface area contributed by atoms with Gasteiger partial charge in [-0.15, -0.1) is 0 Å². The van der Waals surface area contributed by atoms with E-state index in [9.17, 15) is 4.79 Å². The number of nitrogens with zero attached hydrogens (tertiary/aromatic N) is 2. The van der Waals surface area contributed by atoms with E-state index in [1.807, 2.05) is 28.7 Å². The van der Waals surface area contributed by atoms with E-state index in [0.29, 0.717) is 18.0 Å². The van der Waals surface area contributed by atoms with Crippen LogP contribution in [-0.4, -0.2) is 33.7 Å². The van der Waals surface area contributed by atoms with Crippen molar-refractivity contribution in [2.24, 2.45) is 0 Å². The fourth-order valence-electron chi connectivity index (χ4n) is 1.94. The zero-order valence-corrected chi connectivity index (χ0v) is 9.40. The average Bonchev–Trinajstić information content (AvgIpc) is 2.86. The summed E-state index contributed by atoms with van der Waals surface area (Å²) in [6.07, 6.45) is 1.80. The molecule has 0 amide bonds. The summed E-state index contributed by atoms with van der Waals surface area (Å²) < 4.78 is 1.90. The highest BCUT2D eigenvalue weighted by atomic mass is 16.1. The number of ketones is 1. The standard InChI is InChI=1S/C12H12N4O/c1-13-6-11(17)9-7-16-10-5-3-2-4-8(10)14-12(16)15-9/h2-5,7,13H,6H2,1H3,(H,14,15). The number of carbonyl (C=O) groups excluding carboxylic acids is 1. The Labute approximate surface area is 97.5 Å². The molecular weight excluding hydrogens is 216 g/mol. The predicted octanol–water partition coefficient (Wildman–Crippen LogP) is 1.22. The molecule has 3 rings (SSSR count). The normalized spacial score (nSPS) is 11.4. The number of hydrogen-bond acceptors (Lipinski definition) is 3. The largest absolute Gasteiger partial charge is 0.321 e. The van der Waals surface area contributed by atoms with E-state index in [0.717, 1.165) is 11.0 Å². The smallest absolute Gasteiger partial charge is 0.212 e. The highest BCUT2D eigenvalue weighted by Gasteiger charge is 2.11. The lowest BCUT2D eigenvalue weighted by Crippen LogP contribution is -2.18. The number of Topliss-reactive ketones (excluding diaryl/α,β-unsaturated/α-hetero) is 1. The fraction of sp³-hybridized carbons (Fsp3) is 0.167. The van der Waals surface area contributed by atoms with Crippen molar-refractivity contribution in [3.8, 4) is 0 Å². The minimum atomic E-state index is 0.0297. The van der Waals surface area contributed by atoms with Gasteiger partial charge in [-0.05, 0) is 19.2 Å². The Morgan fingerprint density at radius 3 is 3.12 bits per heavy atom. The average molecular weight is 228 g/mol. The molecule has 0 bridgehead atoms. The van der Waals surface area contributed by atoms with Crippen LogP contribution < -0.4 is 5.32 Å². The second kappa shape index (κ2) is 3.71. The van der Waals surface area contributed by atoms with Gasteiger partial charge in [0.15, 0.2) is 5.78 Å². The summed E-state index contributed by atoms with van der Waals surface area (Å²) in [6, 6.07) is 7.83. The Morgan fingerprint density at radius 2 is 2.29 bits per heavy atom. The molecule has 0 fully saturated rings. The summed E-state index contributed by atoms with van der Waals surface area (Å²) in [5.41, 5.74) is 2.50. The first-order valence-electron chi connectivity index (χ1n) is 5.43. The zero-order chi connectivity index (χ0) is 11.8. The zero-order valence-electron chi connectivity index (χ0n) is 9.40. The molecule has 2 heterocycles. The lowest BCUT2D eigenvalue weighted by Gasteiger charge is -1.94. The number of benzene rings is 1. The Kier molecular flexibility index (Phi) is 2.19. The van der Waals surface area contributed by atoms with Crippen LogP contribution in [0.15, 0.2) is 30.5 Å². The number of para-hydroxylation sites is 2. The van der Waals surface area contributed by atoms with Crippen LogP contribution >= 0.6 is 0 Å². The molecule has 1 aromatic carbocycles. The molecule has 5 heteroatoms. The number of likely N-dealkylation sites (N-methyl/N-ethyl adjacent to an activating group) is 1. The third kappa shape index (κ3) is 1.52. The van der Waals surface area contributed by atoms with E-state index in [2.05, 4.69) is 15.3 Å². The third-order valence-electron chi connectivity index (χ3n) is 2.74. The van der Waals surface area contributed by atoms with Gasteiger partial charge < -0.3 is 10.3 Å². The van der Waals surface area contributed by atoms with Crippen molar-refractivity contribution in [1.82, 2.24) is 19.7 Å². The highest BCUT2D eigenvalue weighted by Crippen LogP contribution is 2.16. The van der Waals surface area contributed by atoms with Gasteiger partial charge in [-0.2, -0.15) is 0 Å². The molecule has 0 aliphatic heterocycles. The summed E-state index contributed by atoms with van der Waals surface area (Å²) in [4.78, 5) is 19.2. The molecule has 0 saturated heterocycles. The van der Waals surface area contributed by atoms with Crippen LogP contribution in [0.5, 0.6) is 0 Å². The van der Waals surface area contributed by atoms with Crippen molar-refractivity contribution in [1.29, 1.82) is 0 Å². The summed E-state index contributed by atoms with van der Waals surface area (Å²) in [5.74, 6) is 0.729. The topological polar surface area (TPSA) is 62.2 Å². The van der Waals surface area contributed by atoms with Gasteiger partial charge in [-0.1, -0.05) is 12.1 Å². The molecule has 0 spiro atoms. The molecule has 0 unspecified atom stereocenters. The van der Waals surface area contributed by atoms with Gasteiger partial charge in [-0.25, -0.2) is 4.98 Å². The van der Waals surface area contributed by atoms with E-state index < -0.39 is 0 Å². The maximum Gasteiger partial charge on any atom is 0.212 e. The first kappa shape index (κ1) is 10.0. The van der Waals surface area contributed by atoms with Gasteiger partial charge in [0.1, 0.15) is 5.69 Å². The van der Waals surface area contributed by atoms with Crippen LogP contribution in [0, 0.1) is 0 Å². The molecule has 0 aliphatic carbocycles. The van der Waals surface area contributed by atoms with Crippen LogP contribution in [0.25, 0.3) is 16.8 Å². The Hall–Kier alpha value is -2.14. The number of aromatic amines is 1. The van der Waals surface area contributed by atoms with Gasteiger partial charge in [0.2, 0.25) is 5.78 Å². The first-order valence-corrected chi connectivity index (χ1v) is 5.43. The Bertz CT molecular complexity index is 695. The number of fused-ring (bicyclic) bond motifs is 3. The molecule has 0 saturated carbocycles. The van der Waals surface area contributed by atoms with Crippen LogP contribution in [0.2, 0.25) is 0 Å². The summed E-state index contributed by atoms with van der Waals surface area (Å²) in [7, 11) is 1.75. The molecule has 3 aromatic rings. The first-order chi connectivity index (χ1) is 8.29. The van der Waals surface area contributed by atoms with Crippen molar-refractivity contribution >= 4 is 22.6 Å². The van der Waals surface area contributed by atoms with Gasteiger partial charge in [0.25, 0.3) is 0 Å². The number of imidazole rings is 2. The quantitative estimate of drug-likeness (QED) is 0.662. The van der Waals surface area contributed by atoms with Gasteiger partial charge in [-0.3, -0.25) is 9.20 Å². The van der Waals surface area contributed by atoms with E-state index in [4.69, 9.17) is 0 Å². The number of hydrogen-bond donors (Lipinski definition) is 2. The number of H-pyrrole nitrogens is 1. The summed E-state index contributed by atoms with van der Waals surface area (Å²) >= 11 is 0. The molecule has 0 atom stereocenters. The van der Waals surface area contributed by atoms with Crippen LogP contribution in [0.3, 0.4) is 0 Å². The monoisotopic (exact) mass is 228 g/mol. The number of carbonyl (C=O) groups is 1. The summed E-state index contributed by atoms with van der Waals surface area (Å²) in [6.45, 7) is 0.321. The van der Waals surface area contributed by atoms with Crippen LogP contribution in [0.4, 0.5) is 0 Å². The Morgan fingerprint density at radius 1 is 1.47 bits per heavy atom. The fourth-order valence-corrected chi connectivity index (χ4v) is 1.94. The maximum atomic E-state index is 11.7. The minimum Gasteiger partial charge on any atom is -0.321 e. The SMILES string of the molecule is CNCC(=O)c1cn2c(nc3ccccc32)[nH]1. The molecule has 2 N–H and O–H groups in total. The number of nitrogens with one attached hydrogen (secondary N) is 2. The third-order valence-corrected chi connectivity index (χ3v) is 2.74. The maximum absolute atomic E-state index is 11.7. The van der Waals surface area contributed by atoms with Crippen LogP contribution in [0.1, 0.15) is 10.5 Å². The molecule has 2 aromatic heterocycles.